The van der Waals surface area contributed by atoms with Crippen molar-refractivity contribution in [2.75, 3.05) is 23.0 Å². The topological polar surface area (TPSA) is 74.7 Å². The summed E-state index contributed by atoms with van der Waals surface area (Å²) in [5.74, 6) is 0.218. The average Bonchev–Trinajstić information content (AvgIpc) is 2.69. The van der Waals surface area contributed by atoms with Crippen LogP contribution in [0, 0.1) is 5.92 Å². The molecule has 110 valence electrons. The minimum atomic E-state index is -2.96. The molecule has 0 saturated carbocycles. The predicted molar refractivity (Wildman–Crippen MR) is 77.5 cm³/mol. The van der Waals surface area contributed by atoms with Gasteiger partial charge in [-0.2, -0.15) is 0 Å². The summed E-state index contributed by atoms with van der Waals surface area (Å²) in [6, 6.07) is 6.52. The highest BCUT2D eigenvalue weighted by Gasteiger charge is 2.30. The van der Waals surface area contributed by atoms with Gasteiger partial charge in [-0.1, -0.05) is 6.07 Å². The highest BCUT2D eigenvalue weighted by molar-refractivity contribution is 7.91. The molecular weight excluding hydrogens is 278 g/mol. The van der Waals surface area contributed by atoms with Crippen LogP contribution >= 0.6 is 0 Å². The van der Waals surface area contributed by atoms with Crippen LogP contribution in [0.5, 0.6) is 5.75 Å². The standard InChI is InChI=1S/C14H19NO4S/c1-2-15(12-4-3-5-13(16)9-12)14(17)8-11-6-7-20(18,19)10-11/h3-5,9,11,16H,2,6-8,10H2,1H3. The summed E-state index contributed by atoms with van der Waals surface area (Å²) in [6.45, 7) is 2.34. The fourth-order valence-electron chi connectivity index (χ4n) is 2.55. The molecule has 1 atom stereocenters. The maximum absolute atomic E-state index is 12.3. The van der Waals surface area contributed by atoms with Gasteiger partial charge in [0.2, 0.25) is 5.91 Å². The summed E-state index contributed by atoms with van der Waals surface area (Å²) in [4.78, 5) is 13.9. The molecule has 0 radical (unpaired) electrons. The van der Waals surface area contributed by atoms with Gasteiger partial charge >= 0.3 is 0 Å². The van der Waals surface area contributed by atoms with Crippen LogP contribution in [-0.2, 0) is 14.6 Å². The quantitative estimate of drug-likeness (QED) is 0.915. The molecule has 2 rings (SSSR count). The predicted octanol–water partition coefficient (Wildman–Crippen LogP) is 1.57. The van der Waals surface area contributed by atoms with Gasteiger partial charge in [-0.3, -0.25) is 4.79 Å². The maximum atomic E-state index is 12.3. The summed E-state index contributed by atoms with van der Waals surface area (Å²) >= 11 is 0. The molecule has 20 heavy (non-hydrogen) atoms. The van der Waals surface area contributed by atoms with Crippen molar-refractivity contribution in [3.63, 3.8) is 0 Å². The van der Waals surface area contributed by atoms with E-state index in [1.165, 1.54) is 6.07 Å². The Morgan fingerprint density at radius 1 is 1.45 bits per heavy atom. The molecule has 0 bridgehead atoms. The second kappa shape index (κ2) is 5.83. The van der Waals surface area contributed by atoms with E-state index in [1.807, 2.05) is 6.92 Å². The van der Waals surface area contributed by atoms with Crippen LogP contribution in [0.1, 0.15) is 19.8 Å². The molecule has 1 aliphatic rings. The summed E-state index contributed by atoms with van der Waals surface area (Å²) in [5.41, 5.74) is 0.637. The number of hydrogen-bond donors (Lipinski definition) is 1. The Hall–Kier alpha value is -1.56. The van der Waals surface area contributed by atoms with E-state index in [-0.39, 0.29) is 35.5 Å². The molecule has 1 N–H and O–H groups in total. The van der Waals surface area contributed by atoms with Gasteiger partial charge in [0.15, 0.2) is 9.84 Å². The lowest BCUT2D eigenvalue weighted by molar-refractivity contribution is -0.119. The summed E-state index contributed by atoms with van der Waals surface area (Å²) in [5, 5.41) is 9.47. The molecule has 1 aromatic rings. The van der Waals surface area contributed by atoms with Gasteiger partial charge in [-0.15, -0.1) is 0 Å². The Balaban J connectivity index is 2.07. The van der Waals surface area contributed by atoms with Crippen LogP contribution in [0.3, 0.4) is 0 Å². The average molecular weight is 297 g/mol. The van der Waals surface area contributed by atoms with Gasteiger partial charge in [0.1, 0.15) is 5.75 Å². The third-order valence-electron chi connectivity index (χ3n) is 3.55. The number of benzene rings is 1. The van der Waals surface area contributed by atoms with E-state index in [0.717, 1.165) is 0 Å². The summed E-state index contributed by atoms with van der Waals surface area (Å²) in [7, 11) is -2.96. The second-order valence-electron chi connectivity index (χ2n) is 5.13. The van der Waals surface area contributed by atoms with Crippen LogP contribution in [0.4, 0.5) is 5.69 Å². The van der Waals surface area contributed by atoms with E-state index < -0.39 is 9.84 Å². The monoisotopic (exact) mass is 297 g/mol. The largest absolute Gasteiger partial charge is 0.508 e. The third kappa shape index (κ3) is 3.50. The van der Waals surface area contributed by atoms with Crippen molar-refractivity contribution in [3.8, 4) is 5.75 Å². The minimum absolute atomic E-state index is 0.0844. The zero-order valence-corrected chi connectivity index (χ0v) is 12.3. The number of sulfone groups is 1. The first-order chi connectivity index (χ1) is 9.41. The third-order valence-corrected chi connectivity index (χ3v) is 5.39. The summed E-state index contributed by atoms with van der Waals surface area (Å²) in [6.07, 6.45) is 0.800. The number of anilines is 1. The summed E-state index contributed by atoms with van der Waals surface area (Å²) < 4.78 is 22.8. The number of carbonyl (C=O) groups is 1. The molecule has 1 amide bonds. The zero-order valence-electron chi connectivity index (χ0n) is 11.4. The molecule has 1 saturated heterocycles. The molecule has 0 aromatic heterocycles. The SMILES string of the molecule is CCN(C(=O)CC1CCS(=O)(=O)C1)c1cccc(O)c1. The number of aromatic hydroxyl groups is 1. The van der Waals surface area contributed by atoms with Gasteiger partial charge < -0.3 is 10.0 Å². The lowest BCUT2D eigenvalue weighted by Crippen LogP contribution is -2.32. The minimum Gasteiger partial charge on any atom is -0.508 e. The van der Waals surface area contributed by atoms with Crippen LogP contribution in [0.15, 0.2) is 24.3 Å². The van der Waals surface area contributed by atoms with Crippen molar-refractivity contribution < 1.29 is 18.3 Å². The number of phenols is 1. The van der Waals surface area contributed by atoms with Gasteiger partial charge in [0, 0.05) is 24.7 Å². The fraction of sp³-hybridized carbons (Fsp3) is 0.500. The number of amides is 1. The van der Waals surface area contributed by atoms with Gasteiger partial charge in [-0.05, 0) is 31.4 Å². The van der Waals surface area contributed by atoms with E-state index in [9.17, 15) is 18.3 Å². The van der Waals surface area contributed by atoms with E-state index in [2.05, 4.69) is 0 Å². The van der Waals surface area contributed by atoms with Crippen LogP contribution in [0.2, 0.25) is 0 Å². The Labute approximate surface area is 119 Å². The van der Waals surface area contributed by atoms with Gasteiger partial charge in [-0.25, -0.2) is 8.42 Å². The second-order valence-corrected chi connectivity index (χ2v) is 7.36. The fourth-order valence-corrected chi connectivity index (χ4v) is 4.42. The molecule has 6 heteroatoms. The highest BCUT2D eigenvalue weighted by atomic mass is 32.2. The highest BCUT2D eigenvalue weighted by Crippen LogP contribution is 2.25. The van der Waals surface area contributed by atoms with E-state index in [1.54, 1.807) is 23.1 Å². The molecule has 1 aliphatic heterocycles. The molecule has 1 heterocycles. The van der Waals surface area contributed by atoms with Crippen molar-refractivity contribution >= 4 is 21.4 Å². The first-order valence-electron chi connectivity index (χ1n) is 6.71. The van der Waals surface area contributed by atoms with Crippen molar-refractivity contribution in [3.05, 3.63) is 24.3 Å². The van der Waals surface area contributed by atoms with Crippen molar-refractivity contribution in [1.82, 2.24) is 0 Å². The van der Waals surface area contributed by atoms with Crippen LogP contribution < -0.4 is 4.90 Å². The first-order valence-corrected chi connectivity index (χ1v) is 8.53. The van der Waals surface area contributed by atoms with E-state index >= 15 is 0 Å². The number of carbonyl (C=O) groups excluding carboxylic acids is 1. The smallest absolute Gasteiger partial charge is 0.227 e. The number of nitrogens with zero attached hydrogens (tertiary/aromatic N) is 1. The number of hydrogen-bond acceptors (Lipinski definition) is 4. The van der Waals surface area contributed by atoms with Crippen molar-refractivity contribution in [2.24, 2.45) is 5.92 Å². The normalized spacial score (nSPS) is 20.8. The van der Waals surface area contributed by atoms with Crippen molar-refractivity contribution in [1.29, 1.82) is 0 Å². The molecule has 1 aromatic carbocycles. The molecule has 1 unspecified atom stereocenters. The van der Waals surface area contributed by atoms with Gasteiger partial charge in [0.05, 0.1) is 11.5 Å². The Bertz CT molecular complexity index is 597. The maximum Gasteiger partial charge on any atom is 0.227 e. The molecule has 1 fully saturated rings. The number of rotatable bonds is 4. The lowest BCUT2D eigenvalue weighted by atomic mass is 10.0. The zero-order chi connectivity index (χ0) is 14.8. The molecule has 5 nitrogen and oxygen atoms in total. The Morgan fingerprint density at radius 3 is 2.75 bits per heavy atom. The lowest BCUT2D eigenvalue weighted by Gasteiger charge is -2.22. The number of phenolic OH excluding ortho intramolecular Hbond substituents is 1. The van der Waals surface area contributed by atoms with E-state index in [4.69, 9.17) is 0 Å². The molecular formula is C14H19NO4S. The molecule has 0 aliphatic carbocycles. The van der Waals surface area contributed by atoms with Crippen molar-refractivity contribution in [2.45, 2.75) is 19.8 Å². The van der Waals surface area contributed by atoms with Crippen LogP contribution in [0.25, 0.3) is 0 Å². The first kappa shape index (κ1) is 14.8. The Morgan fingerprint density at radius 2 is 2.20 bits per heavy atom. The molecule has 0 spiro atoms. The van der Waals surface area contributed by atoms with Crippen LogP contribution in [-0.4, -0.2) is 37.5 Å². The van der Waals surface area contributed by atoms with Gasteiger partial charge in [0.25, 0.3) is 0 Å². The Kier molecular flexibility index (Phi) is 4.32. The van der Waals surface area contributed by atoms with E-state index in [0.29, 0.717) is 18.7 Å².